The number of esters is 1. The minimum atomic E-state index is -0.590. The van der Waals surface area contributed by atoms with Crippen LogP contribution in [0.1, 0.15) is 90.5 Å². The topological polar surface area (TPSA) is 81.7 Å². The number of rotatable bonds is 6. The molecule has 0 heterocycles. The molecule has 1 saturated carbocycles. The number of carbonyl (C=O) groups is 3. The maximum atomic E-state index is 12.7. The maximum absolute atomic E-state index is 12.7. The van der Waals surface area contributed by atoms with Crippen molar-refractivity contribution in [1.29, 1.82) is 0 Å². The number of hydrogen-bond acceptors (Lipinski definition) is 5. The van der Waals surface area contributed by atoms with Crippen molar-refractivity contribution in [3.63, 3.8) is 0 Å². The van der Waals surface area contributed by atoms with Crippen LogP contribution in [0.3, 0.4) is 0 Å². The number of benzene rings is 1. The third kappa shape index (κ3) is 9.41. The summed E-state index contributed by atoms with van der Waals surface area (Å²) in [5.74, 6) is -0.227. The van der Waals surface area contributed by atoms with Gasteiger partial charge in [-0.3, -0.25) is 4.79 Å². The minimum Gasteiger partial charge on any atom is -0.461 e. The molecule has 0 spiro atoms. The van der Waals surface area contributed by atoms with Gasteiger partial charge in [-0.25, -0.2) is 4.79 Å². The Morgan fingerprint density at radius 3 is 2.28 bits per heavy atom. The van der Waals surface area contributed by atoms with Gasteiger partial charge in [0.05, 0.1) is 5.92 Å². The Morgan fingerprint density at radius 2 is 1.66 bits per heavy atom. The average molecular weight is 446 g/mol. The summed E-state index contributed by atoms with van der Waals surface area (Å²) >= 11 is 0. The quantitative estimate of drug-likeness (QED) is 0.447. The molecule has 1 fully saturated rings. The molecule has 1 aromatic carbocycles. The van der Waals surface area contributed by atoms with E-state index in [1.165, 1.54) is 0 Å². The van der Waals surface area contributed by atoms with E-state index in [-0.39, 0.29) is 18.3 Å². The molecular formula is C26H39NO5. The second-order valence-electron chi connectivity index (χ2n) is 9.91. The predicted molar refractivity (Wildman–Crippen MR) is 124 cm³/mol. The van der Waals surface area contributed by atoms with Gasteiger partial charge in [-0.2, -0.15) is 0 Å². The van der Waals surface area contributed by atoms with Crippen LogP contribution in [0.15, 0.2) is 30.3 Å². The highest BCUT2D eigenvalue weighted by molar-refractivity contribution is 5.72. The molecule has 0 aromatic heterocycles. The summed E-state index contributed by atoms with van der Waals surface area (Å²) in [7, 11) is 0. The summed E-state index contributed by atoms with van der Waals surface area (Å²) in [5, 5.41) is 3.01. The van der Waals surface area contributed by atoms with Gasteiger partial charge in [-0.15, -0.1) is 0 Å². The smallest absolute Gasteiger partial charge is 0.408 e. The van der Waals surface area contributed by atoms with Crippen molar-refractivity contribution in [2.45, 2.75) is 103 Å². The SMILES string of the molecule is CC(C)(C)OC(=O)NC1(CC=O)CCCCCC(C(=O)OCc2ccccc2)CCCC1. The summed E-state index contributed by atoms with van der Waals surface area (Å²) < 4.78 is 11.0. The molecule has 0 radical (unpaired) electrons. The van der Waals surface area contributed by atoms with Gasteiger partial charge < -0.3 is 19.6 Å². The lowest BCUT2D eigenvalue weighted by atomic mass is 9.84. The molecule has 0 saturated heterocycles. The van der Waals surface area contributed by atoms with E-state index in [9.17, 15) is 14.4 Å². The Morgan fingerprint density at radius 1 is 1.03 bits per heavy atom. The van der Waals surface area contributed by atoms with Gasteiger partial charge in [-0.05, 0) is 52.0 Å². The predicted octanol–water partition coefficient (Wildman–Crippen LogP) is 5.72. The normalized spacial score (nSPS) is 22.8. The van der Waals surface area contributed by atoms with Crippen LogP contribution in [0.2, 0.25) is 0 Å². The Bertz CT molecular complexity index is 727. The molecule has 1 N–H and O–H groups in total. The minimum absolute atomic E-state index is 0.101. The lowest BCUT2D eigenvalue weighted by Crippen LogP contribution is -2.50. The van der Waals surface area contributed by atoms with Gasteiger partial charge in [0.25, 0.3) is 0 Å². The number of hydrogen-bond donors (Lipinski definition) is 1. The number of aldehydes is 1. The summed E-state index contributed by atoms with van der Waals surface area (Å²) in [5.41, 5.74) is -0.185. The van der Waals surface area contributed by atoms with E-state index in [1.807, 2.05) is 51.1 Å². The largest absolute Gasteiger partial charge is 0.461 e. The van der Waals surface area contributed by atoms with Crippen molar-refractivity contribution in [2.24, 2.45) is 5.92 Å². The van der Waals surface area contributed by atoms with E-state index in [0.717, 1.165) is 63.2 Å². The third-order valence-corrected chi connectivity index (χ3v) is 5.96. The Hall–Kier alpha value is -2.37. The van der Waals surface area contributed by atoms with Crippen molar-refractivity contribution in [3.8, 4) is 0 Å². The maximum Gasteiger partial charge on any atom is 0.408 e. The average Bonchev–Trinajstić information content (AvgIpc) is 2.76. The standard InChI is InChI=1S/C26H39NO5/c1-25(2,3)32-24(30)27-26(18-19-28)16-10-5-8-14-22(15-9-11-17-26)23(29)31-20-21-12-6-4-7-13-21/h4,6-7,12-13,19,22H,5,8-11,14-18,20H2,1-3H3,(H,27,30). The van der Waals surface area contributed by atoms with Gasteiger partial charge in [-0.1, -0.05) is 62.4 Å². The highest BCUT2D eigenvalue weighted by Gasteiger charge is 2.33. The molecule has 1 aliphatic rings. The fourth-order valence-electron chi connectivity index (χ4n) is 4.30. The fourth-order valence-corrected chi connectivity index (χ4v) is 4.30. The van der Waals surface area contributed by atoms with Gasteiger partial charge in [0, 0.05) is 12.0 Å². The van der Waals surface area contributed by atoms with Crippen LogP contribution < -0.4 is 5.32 Å². The van der Waals surface area contributed by atoms with E-state index >= 15 is 0 Å². The highest BCUT2D eigenvalue weighted by atomic mass is 16.6. The molecule has 0 bridgehead atoms. The molecule has 1 amide bonds. The van der Waals surface area contributed by atoms with E-state index in [4.69, 9.17) is 9.47 Å². The van der Waals surface area contributed by atoms with E-state index in [0.29, 0.717) is 13.0 Å². The Balaban J connectivity index is 1.95. The lowest BCUT2D eigenvalue weighted by molar-refractivity contribution is -0.150. The summed E-state index contributed by atoms with van der Waals surface area (Å²) in [6.45, 7) is 5.78. The molecule has 6 nitrogen and oxygen atoms in total. The van der Waals surface area contributed by atoms with Crippen molar-refractivity contribution < 1.29 is 23.9 Å². The lowest BCUT2D eigenvalue weighted by Gasteiger charge is -2.34. The molecule has 32 heavy (non-hydrogen) atoms. The van der Waals surface area contributed by atoms with Crippen molar-refractivity contribution in [3.05, 3.63) is 35.9 Å². The molecule has 2 unspecified atom stereocenters. The van der Waals surface area contributed by atoms with Crippen molar-refractivity contribution in [1.82, 2.24) is 5.32 Å². The second-order valence-corrected chi connectivity index (χ2v) is 9.91. The van der Waals surface area contributed by atoms with Crippen LogP contribution in [0, 0.1) is 5.92 Å². The van der Waals surface area contributed by atoms with Crippen molar-refractivity contribution >= 4 is 18.3 Å². The Kier molecular flexibility index (Phi) is 10.2. The first-order valence-electron chi connectivity index (χ1n) is 11.9. The van der Waals surface area contributed by atoms with E-state index < -0.39 is 17.2 Å². The van der Waals surface area contributed by atoms with Crippen LogP contribution in [0.25, 0.3) is 0 Å². The van der Waals surface area contributed by atoms with E-state index in [2.05, 4.69) is 5.32 Å². The van der Waals surface area contributed by atoms with Crippen LogP contribution in [0.5, 0.6) is 0 Å². The van der Waals surface area contributed by atoms with Crippen molar-refractivity contribution in [2.75, 3.05) is 0 Å². The zero-order valence-corrected chi connectivity index (χ0v) is 19.9. The number of nitrogens with one attached hydrogen (secondary N) is 1. The van der Waals surface area contributed by atoms with Crippen LogP contribution in [-0.4, -0.2) is 29.5 Å². The zero-order chi connectivity index (χ0) is 23.5. The first-order valence-corrected chi connectivity index (χ1v) is 11.9. The van der Waals surface area contributed by atoms with Crippen LogP contribution >= 0.6 is 0 Å². The molecule has 2 rings (SSSR count). The van der Waals surface area contributed by atoms with E-state index in [1.54, 1.807) is 0 Å². The van der Waals surface area contributed by atoms with Crippen LogP contribution in [-0.2, 0) is 25.7 Å². The number of alkyl carbamates (subject to hydrolysis) is 1. The van der Waals surface area contributed by atoms with Crippen LogP contribution in [0.4, 0.5) is 4.79 Å². The molecule has 178 valence electrons. The summed E-state index contributed by atoms with van der Waals surface area (Å²) in [6.07, 6.45) is 8.11. The van der Waals surface area contributed by atoms with Gasteiger partial charge in [0.2, 0.25) is 0 Å². The number of carbonyl (C=O) groups excluding carboxylic acids is 3. The van der Waals surface area contributed by atoms with Gasteiger partial charge in [0.15, 0.2) is 0 Å². The monoisotopic (exact) mass is 445 g/mol. The highest BCUT2D eigenvalue weighted by Crippen LogP contribution is 2.30. The molecular weight excluding hydrogens is 406 g/mol. The first-order chi connectivity index (χ1) is 15.2. The summed E-state index contributed by atoms with van der Waals surface area (Å²) in [6, 6.07) is 9.72. The Labute approximate surface area is 192 Å². The number of ether oxygens (including phenoxy) is 2. The molecule has 1 aromatic rings. The molecule has 2 atom stereocenters. The second kappa shape index (κ2) is 12.6. The van der Waals surface area contributed by atoms with Gasteiger partial charge in [0.1, 0.15) is 18.5 Å². The molecule has 0 aliphatic heterocycles. The molecule has 6 heteroatoms. The molecule has 1 aliphatic carbocycles. The first kappa shape index (κ1) is 25.9. The third-order valence-electron chi connectivity index (χ3n) is 5.96. The summed E-state index contributed by atoms with van der Waals surface area (Å²) in [4.78, 5) is 36.6. The number of amides is 1. The zero-order valence-electron chi connectivity index (χ0n) is 19.9. The fraction of sp³-hybridized carbons (Fsp3) is 0.654. The van der Waals surface area contributed by atoms with Gasteiger partial charge >= 0.3 is 12.1 Å².